The van der Waals surface area contributed by atoms with Crippen LogP contribution in [-0.4, -0.2) is 51.4 Å². The zero-order valence-corrected chi connectivity index (χ0v) is 14.1. The SMILES string of the molecule is CC1(n2nnnc2N2CCCN(c3ncccc3N)CC2)CCC1. The van der Waals surface area contributed by atoms with Gasteiger partial charge in [0.25, 0.3) is 0 Å². The van der Waals surface area contributed by atoms with Crippen molar-refractivity contribution in [1.82, 2.24) is 25.2 Å². The fraction of sp³-hybridized carbons (Fsp3) is 0.625. The van der Waals surface area contributed by atoms with Crippen molar-refractivity contribution in [3.63, 3.8) is 0 Å². The number of nitrogens with two attached hydrogens (primary N) is 1. The number of hydrogen-bond donors (Lipinski definition) is 1. The number of aromatic nitrogens is 5. The maximum Gasteiger partial charge on any atom is 0.246 e. The van der Waals surface area contributed by atoms with E-state index in [1.165, 1.54) is 6.42 Å². The molecule has 3 heterocycles. The topological polar surface area (TPSA) is 89.0 Å². The third kappa shape index (κ3) is 2.55. The van der Waals surface area contributed by atoms with Crippen molar-refractivity contribution in [2.24, 2.45) is 0 Å². The minimum Gasteiger partial charge on any atom is -0.396 e. The summed E-state index contributed by atoms with van der Waals surface area (Å²) in [5.74, 6) is 1.78. The van der Waals surface area contributed by atoms with Gasteiger partial charge in [-0.15, -0.1) is 0 Å². The number of nitrogen functional groups attached to an aromatic ring is 1. The van der Waals surface area contributed by atoms with Crippen molar-refractivity contribution in [1.29, 1.82) is 0 Å². The smallest absolute Gasteiger partial charge is 0.246 e. The Bertz CT molecular complexity index is 708. The van der Waals surface area contributed by atoms with Crippen LogP contribution in [0.5, 0.6) is 0 Å². The predicted molar refractivity (Wildman–Crippen MR) is 93.0 cm³/mol. The van der Waals surface area contributed by atoms with Crippen LogP contribution in [0.1, 0.15) is 32.6 Å². The van der Waals surface area contributed by atoms with E-state index in [0.29, 0.717) is 0 Å². The van der Waals surface area contributed by atoms with Gasteiger partial charge in [0.05, 0.1) is 11.2 Å². The Balaban J connectivity index is 1.52. The lowest BCUT2D eigenvalue weighted by molar-refractivity contribution is 0.147. The van der Waals surface area contributed by atoms with E-state index in [9.17, 15) is 0 Å². The van der Waals surface area contributed by atoms with Gasteiger partial charge in [-0.3, -0.25) is 0 Å². The molecule has 0 aromatic carbocycles. The Morgan fingerprint density at radius 3 is 2.62 bits per heavy atom. The summed E-state index contributed by atoms with van der Waals surface area (Å²) in [4.78, 5) is 9.00. The molecule has 2 aromatic rings. The molecule has 1 saturated carbocycles. The lowest BCUT2D eigenvalue weighted by atomic mass is 9.79. The molecular weight excluding hydrogens is 304 g/mol. The number of tetrazole rings is 1. The molecule has 8 heteroatoms. The van der Waals surface area contributed by atoms with E-state index < -0.39 is 0 Å². The van der Waals surface area contributed by atoms with Gasteiger partial charge in [-0.05, 0) is 55.2 Å². The summed E-state index contributed by atoms with van der Waals surface area (Å²) >= 11 is 0. The summed E-state index contributed by atoms with van der Waals surface area (Å²) in [5.41, 5.74) is 6.90. The molecule has 2 aliphatic rings. The first-order valence-corrected chi connectivity index (χ1v) is 8.67. The molecule has 1 aliphatic heterocycles. The number of rotatable bonds is 3. The monoisotopic (exact) mass is 328 g/mol. The third-order valence-corrected chi connectivity index (χ3v) is 5.29. The van der Waals surface area contributed by atoms with Crippen LogP contribution in [0.2, 0.25) is 0 Å². The second kappa shape index (κ2) is 5.92. The molecule has 2 aromatic heterocycles. The van der Waals surface area contributed by atoms with Crippen LogP contribution in [-0.2, 0) is 5.54 Å². The highest BCUT2D eigenvalue weighted by atomic mass is 15.6. The minimum atomic E-state index is 0.0796. The van der Waals surface area contributed by atoms with Gasteiger partial charge >= 0.3 is 0 Å². The molecule has 2 fully saturated rings. The Hall–Kier alpha value is -2.38. The van der Waals surface area contributed by atoms with Crippen LogP contribution >= 0.6 is 0 Å². The molecule has 128 valence electrons. The summed E-state index contributed by atoms with van der Waals surface area (Å²) in [5, 5.41) is 12.5. The molecule has 0 amide bonds. The highest BCUT2D eigenvalue weighted by Crippen LogP contribution is 2.39. The number of anilines is 3. The Labute approximate surface area is 141 Å². The van der Waals surface area contributed by atoms with E-state index in [1.54, 1.807) is 6.20 Å². The first-order valence-electron chi connectivity index (χ1n) is 8.67. The minimum absolute atomic E-state index is 0.0796. The van der Waals surface area contributed by atoms with Gasteiger partial charge in [-0.1, -0.05) is 5.10 Å². The van der Waals surface area contributed by atoms with E-state index >= 15 is 0 Å². The summed E-state index contributed by atoms with van der Waals surface area (Å²) < 4.78 is 2.03. The number of pyridine rings is 1. The standard InChI is InChI=1S/C16H24N8/c1-16(6-3-7-16)24-15(19-20-21-24)23-10-4-9-22(11-12-23)14-13(17)5-2-8-18-14/h2,5,8H,3-4,6-7,9-12,17H2,1H3. The molecule has 0 atom stereocenters. The molecule has 0 radical (unpaired) electrons. The van der Waals surface area contributed by atoms with E-state index in [0.717, 1.165) is 62.9 Å². The summed E-state index contributed by atoms with van der Waals surface area (Å²) in [6.45, 7) is 5.86. The molecular formula is C16H24N8. The van der Waals surface area contributed by atoms with Crippen molar-refractivity contribution in [2.45, 2.75) is 38.1 Å². The Kier molecular flexibility index (Phi) is 3.74. The van der Waals surface area contributed by atoms with Crippen molar-refractivity contribution in [3.8, 4) is 0 Å². The summed E-state index contributed by atoms with van der Waals surface area (Å²) in [6.07, 6.45) is 6.37. The van der Waals surface area contributed by atoms with Crippen molar-refractivity contribution < 1.29 is 0 Å². The molecule has 4 rings (SSSR count). The lowest BCUT2D eigenvalue weighted by Gasteiger charge is -2.39. The van der Waals surface area contributed by atoms with Gasteiger partial charge in [0.15, 0.2) is 5.82 Å². The Morgan fingerprint density at radius 1 is 1.08 bits per heavy atom. The van der Waals surface area contributed by atoms with Crippen LogP contribution in [0.15, 0.2) is 18.3 Å². The lowest BCUT2D eigenvalue weighted by Crippen LogP contribution is -2.42. The molecule has 1 aliphatic carbocycles. The van der Waals surface area contributed by atoms with Crippen LogP contribution < -0.4 is 15.5 Å². The van der Waals surface area contributed by atoms with Gasteiger partial charge in [0.1, 0.15) is 0 Å². The average Bonchev–Trinajstić information content (AvgIpc) is 2.92. The van der Waals surface area contributed by atoms with Gasteiger partial charge < -0.3 is 15.5 Å². The average molecular weight is 328 g/mol. The quantitative estimate of drug-likeness (QED) is 0.907. The zero-order valence-electron chi connectivity index (χ0n) is 14.1. The van der Waals surface area contributed by atoms with E-state index in [4.69, 9.17) is 5.73 Å². The molecule has 8 nitrogen and oxygen atoms in total. The predicted octanol–water partition coefficient (Wildman–Crippen LogP) is 1.27. The first-order chi connectivity index (χ1) is 11.7. The van der Waals surface area contributed by atoms with Gasteiger partial charge in [-0.2, -0.15) is 0 Å². The van der Waals surface area contributed by atoms with Gasteiger partial charge in [-0.25, -0.2) is 9.67 Å². The second-order valence-corrected chi connectivity index (χ2v) is 6.99. The van der Waals surface area contributed by atoms with Crippen LogP contribution in [0.25, 0.3) is 0 Å². The molecule has 1 saturated heterocycles. The van der Waals surface area contributed by atoms with Crippen LogP contribution in [0, 0.1) is 0 Å². The number of nitrogens with zero attached hydrogens (tertiary/aromatic N) is 7. The highest BCUT2D eigenvalue weighted by Gasteiger charge is 2.38. The van der Waals surface area contributed by atoms with Gasteiger partial charge in [0.2, 0.25) is 5.95 Å². The zero-order chi connectivity index (χ0) is 16.6. The van der Waals surface area contributed by atoms with Crippen LogP contribution in [0.3, 0.4) is 0 Å². The Morgan fingerprint density at radius 2 is 1.88 bits per heavy atom. The largest absolute Gasteiger partial charge is 0.396 e. The van der Waals surface area contributed by atoms with E-state index in [1.807, 2.05) is 16.8 Å². The maximum absolute atomic E-state index is 6.08. The molecule has 2 N–H and O–H groups in total. The fourth-order valence-electron chi connectivity index (χ4n) is 3.63. The van der Waals surface area contributed by atoms with Gasteiger partial charge in [0, 0.05) is 32.4 Å². The fourth-order valence-corrected chi connectivity index (χ4v) is 3.63. The van der Waals surface area contributed by atoms with E-state index in [-0.39, 0.29) is 5.54 Å². The van der Waals surface area contributed by atoms with Crippen molar-refractivity contribution >= 4 is 17.5 Å². The highest BCUT2D eigenvalue weighted by molar-refractivity contribution is 5.62. The van der Waals surface area contributed by atoms with E-state index in [2.05, 4.69) is 37.2 Å². The normalized spacial score (nSPS) is 20.5. The van der Waals surface area contributed by atoms with Crippen molar-refractivity contribution in [2.75, 3.05) is 41.7 Å². The molecule has 24 heavy (non-hydrogen) atoms. The molecule has 0 spiro atoms. The summed E-state index contributed by atoms with van der Waals surface area (Å²) in [7, 11) is 0. The summed E-state index contributed by atoms with van der Waals surface area (Å²) in [6, 6.07) is 3.78. The van der Waals surface area contributed by atoms with Crippen molar-refractivity contribution in [3.05, 3.63) is 18.3 Å². The molecule has 0 unspecified atom stereocenters. The molecule has 0 bridgehead atoms. The maximum atomic E-state index is 6.08. The third-order valence-electron chi connectivity index (χ3n) is 5.29. The first kappa shape index (κ1) is 15.2. The second-order valence-electron chi connectivity index (χ2n) is 6.99. The van der Waals surface area contributed by atoms with Crippen LogP contribution in [0.4, 0.5) is 17.5 Å². The number of hydrogen-bond acceptors (Lipinski definition) is 7.